The van der Waals surface area contributed by atoms with Crippen molar-refractivity contribution in [2.45, 2.75) is 17.9 Å². The third-order valence-corrected chi connectivity index (χ3v) is 4.71. The van der Waals surface area contributed by atoms with E-state index in [-0.39, 0.29) is 17.4 Å². The van der Waals surface area contributed by atoms with Crippen LogP contribution in [-0.2, 0) is 27.0 Å². The van der Waals surface area contributed by atoms with Crippen LogP contribution in [0.15, 0.2) is 40.8 Å². The summed E-state index contributed by atoms with van der Waals surface area (Å²) in [6.45, 7) is 1.11. The summed E-state index contributed by atoms with van der Waals surface area (Å²) in [6.07, 6.45) is 0.736. The molecular weight excluding hydrogens is 350 g/mol. The minimum atomic E-state index is -1.14. The maximum Gasteiger partial charge on any atom is 0.286 e. The highest BCUT2D eigenvalue weighted by Crippen LogP contribution is 2.15. The molecule has 1 aromatic heterocycles. The normalized spacial score (nSPS) is 12.1. The molecule has 0 saturated carbocycles. The Morgan fingerprint density at radius 2 is 2.12 bits per heavy atom. The van der Waals surface area contributed by atoms with Gasteiger partial charge in [0.05, 0.1) is 5.75 Å². The molecule has 0 aliphatic rings. The Balaban J connectivity index is 1.84. The van der Waals surface area contributed by atoms with Gasteiger partial charge in [0.15, 0.2) is 5.76 Å². The highest BCUT2D eigenvalue weighted by atomic mass is 35.5. The number of carbonyl (C=O) groups excluding carboxylic acids is 1. The average Bonchev–Trinajstić information content (AvgIpc) is 2.99. The molecule has 1 heterocycles. The second-order valence-corrected chi connectivity index (χ2v) is 7.12. The molecule has 0 aliphatic carbocycles. The molecule has 0 fully saturated rings. The smallest absolute Gasteiger partial charge is 0.286 e. The number of halogens is 1. The van der Waals surface area contributed by atoms with Crippen LogP contribution in [-0.4, -0.2) is 30.4 Å². The zero-order valence-corrected chi connectivity index (χ0v) is 15.0. The number of hydrogen-bond acceptors (Lipinski definition) is 4. The zero-order chi connectivity index (χ0) is 17.4. The molecular formula is C17H20ClNO4S. The third-order valence-electron chi connectivity index (χ3n) is 3.22. The van der Waals surface area contributed by atoms with Crippen molar-refractivity contribution in [1.82, 2.24) is 5.32 Å². The fraction of sp³-hybridized carbons (Fsp3) is 0.353. The first-order chi connectivity index (χ1) is 11.6. The number of amides is 1. The van der Waals surface area contributed by atoms with Crippen LogP contribution in [0.3, 0.4) is 0 Å². The van der Waals surface area contributed by atoms with Crippen LogP contribution in [0.1, 0.15) is 28.3 Å². The van der Waals surface area contributed by atoms with E-state index >= 15 is 0 Å². The van der Waals surface area contributed by atoms with E-state index in [4.69, 9.17) is 20.8 Å². The lowest BCUT2D eigenvalue weighted by atomic mass is 10.2. The molecule has 0 unspecified atom stereocenters. The van der Waals surface area contributed by atoms with E-state index in [1.54, 1.807) is 31.4 Å². The summed E-state index contributed by atoms with van der Waals surface area (Å²) in [5.41, 5.74) is 0.906. The second-order valence-electron chi connectivity index (χ2n) is 5.23. The van der Waals surface area contributed by atoms with Crippen molar-refractivity contribution < 1.29 is 18.2 Å². The van der Waals surface area contributed by atoms with Crippen LogP contribution in [0.4, 0.5) is 0 Å². The van der Waals surface area contributed by atoms with Crippen molar-refractivity contribution in [3.63, 3.8) is 0 Å². The van der Waals surface area contributed by atoms with Crippen molar-refractivity contribution in [3.8, 4) is 0 Å². The number of benzene rings is 1. The number of nitrogens with one attached hydrogen (secondary N) is 1. The van der Waals surface area contributed by atoms with Gasteiger partial charge in [0, 0.05) is 41.8 Å². The minimum Gasteiger partial charge on any atom is -0.455 e. The molecule has 1 aromatic carbocycles. The lowest BCUT2D eigenvalue weighted by Crippen LogP contribution is -2.24. The van der Waals surface area contributed by atoms with Crippen molar-refractivity contribution >= 4 is 28.3 Å². The predicted octanol–water partition coefficient (Wildman–Crippen LogP) is 3.15. The summed E-state index contributed by atoms with van der Waals surface area (Å²) in [5.74, 6) is 1.11. The number of ether oxygens (including phenoxy) is 1. The topological polar surface area (TPSA) is 68.5 Å². The molecule has 7 heteroatoms. The molecule has 2 aromatic rings. The largest absolute Gasteiger partial charge is 0.455 e. The van der Waals surface area contributed by atoms with Crippen LogP contribution in [0.25, 0.3) is 0 Å². The monoisotopic (exact) mass is 369 g/mol. The van der Waals surface area contributed by atoms with E-state index in [1.807, 2.05) is 12.1 Å². The molecule has 1 atom stereocenters. The highest BCUT2D eigenvalue weighted by Gasteiger charge is 2.12. The number of methoxy groups -OCH3 is 1. The van der Waals surface area contributed by atoms with Gasteiger partial charge in [0.1, 0.15) is 5.76 Å². The summed E-state index contributed by atoms with van der Waals surface area (Å²) in [4.78, 5) is 11.9. The fourth-order valence-electron chi connectivity index (χ4n) is 2.11. The Labute approximate surface area is 148 Å². The molecule has 2 rings (SSSR count). The van der Waals surface area contributed by atoms with Crippen molar-refractivity contribution in [1.29, 1.82) is 0 Å². The van der Waals surface area contributed by atoms with Crippen LogP contribution in [0.5, 0.6) is 0 Å². The van der Waals surface area contributed by atoms with E-state index in [2.05, 4.69) is 5.32 Å². The molecule has 0 bridgehead atoms. The minimum absolute atomic E-state index is 0.224. The Morgan fingerprint density at radius 1 is 1.29 bits per heavy atom. The van der Waals surface area contributed by atoms with E-state index in [0.29, 0.717) is 29.7 Å². The predicted molar refractivity (Wildman–Crippen MR) is 94.5 cm³/mol. The first-order valence-corrected chi connectivity index (χ1v) is 9.40. The highest BCUT2D eigenvalue weighted by molar-refractivity contribution is 7.83. The number of furan rings is 1. The molecule has 0 aliphatic heterocycles. The van der Waals surface area contributed by atoms with Gasteiger partial charge in [0.2, 0.25) is 0 Å². The molecule has 24 heavy (non-hydrogen) atoms. The van der Waals surface area contributed by atoms with Crippen LogP contribution in [0.2, 0.25) is 5.02 Å². The van der Waals surface area contributed by atoms with Gasteiger partial charge in [-0.25, -0.2) is 0 Å². The van der Waals surface area contributed by atoms with Gasteiger partial charge in [-0.1, -0.05) is 23.7 Å². The molecule has 5 nitrogen and oxygen atoms in total. The Hall–Kier alpha value is -1.63. The van der Waals surface area contributed by atoms with Crippen molar-refractivity contribution in [3.05, 3.63) is 58.5 Å². The lowest BCUT2D eigenvalue weighted by Gasteiger charge is -2.03. The van der Waals surface area contributed by atoms with Gasteiger partial charge in [-0.05, 0) is 36.2 Å². The van der Waals surface area contributed by atoms with E-state index < -0.39 is 10.8 Å². The Kier molecular flexibility index (Phi) is 7.49. The summed E-state index contributed by atoms with van der Waals surface area (Å²) < 4.78 is 22.6. The summed E-state index contributed by atoms with van der Waals surface area (Å²) in [5, 5.41) is 3.36. The standard InChI is InChI=1S/C17H20ClNO4S/c1-22-9-3-8-19-17(20)16-7-6-15(23-16)12-24(21)11-13-4-2-5-14(18)10-13/h2,4-7,10H,3,8-9,11-12H2,1H3,(H,19,20)/t24-/m0/s1. The number of rotatable bonds is 9. The van der Waals surface area contributed by atoms with Crippen LogP contribution >= 0.6 is 11.6 Å². The lowest BCUT2D eigenvalue weighted by molar-refractivity contribution is 0.0919. The van der Waals surface area contributed by atoms with E-state index in [9.17, 15) is 9.00 Å². The van der Waals surface area contributed by atoms with Crippen molar-refractivity contribution in [2.75, 3.05) is 20.3 Å². The number of carbonyl (C=O) groups is 1. The molecule has 1 amide bonds. The Morgan fingerprint density at radius 3 is 2.88 bits per heavy atom. The van der Waals surface area contributed by atoms with Crippen LogP contribution in [0, 0.1) is 0 Å². The number of hydrogen-bond donors (Lipinski definition) is 1. The van der Waals surface area contributed by atoms with Gasteiger partial charge in [-0.2, -0.15) is 0 Å². The summed E-state index contributed by atoms with van der Waals surface area (Å²) in [7, 11) is 0.476. The molecule has 0 saturated heterocycles. The first kappa shape index (κ1) is 18.7. The quantitative estimate of drug-likeness (QED) is 0.689. The van der Waals surface area contributed by atoms with Gasteiger partial charge in [-0.15, -0.1) is 0 Å². The van der Waals surface area contributed by atoms with Gasteiger partial charge < -0.3 is 14.5 Å². The van der Waals surface area contributed by atoms with E-state index in [1.165, 1.54) is 0 Å². The van der Waals surface area contributed by atoms with Crippen molar-refractivity contribution in [2.24, 2.45) is 0 Å². The zero-order valence-electron chi connectivity index (χ0n) is 13.4. The first-order valence-electron chi connectivity index (χ1n) is 7.54. The average molecular weight is 370 g/mol. The van der Waals surface area contributed by atoms with Gasteiger partial charge in [0.25, 0.3) is 5.91 Å². The fourth-order valence-corrected chi connectivity index (χ4v) is 3.44. The molecule has 0 spiro atoms. The van der Waals surface area contributed by atoms with E-state index in [0.717, 1.165) is 12.0 Å². The van der Waals surface area contributed by atoms with Crippen LogP contribution < -0.4 is 5.32 Å². The summed E-state index contributed by atoms with van der Waals surface area (Å²) >= 11 is 5.92. The summed E-state index contributed by atoms with van der Waals surface area (Å²) in [6, 6.07) is 10.6. The Bertz CT molecular complexity index is 701. The molecule has 0 radical (unpaired) electrons. The van der Waals surface area contributed by atoms with Gasteiger partial charge in [-0.3, -0.25) is 9.00 Å². The molecule has 1 N–H and O–H groups in total. The third kappa shape index (κ3) is 6.11. The molecule has 130 valence electrons. The maximum atomic E-state index is 12.2. The maximum absolute atomic E-state index is 12.2. The second kappa shape index (κ2) is 9.61. The SMILES string of the molecule is COCCCNC(=O)c1ccc(C[S@@](=O)Cc2cccc(Cl)c2)o1. The van der Waals surface area contributed by atoms with Gasteiger partial charge >= 0.3 is 0 Å².